The average Bonchev–Trinajstić information content (AvgIpc) is 2.52. The van der Waals surface area contributed by atoms with Gasteiger partial charge in [0.15, 0.2) is 0 Å². The minimum absolute atomic E-state index is 0.0302. The van der Waals surface area contributed by atoms with Gasteiger partial charge >= 0.3 is 0 Å². The molecule has 1 N–H and O–H groups in total. The summed E-state index contributed by atoms with van der Waals surface area (Å²) in [6, 6.07) is 7.37. The number of benzene rings is 1. The Balaban J connectivity index is 1.99. The van der Waals surface area contributed by atoms with Gasteiger partial charge in [0.25, 0.3) is 0 Å². The van der Waals surface area contributed by atoms with Gasteiger partial charge in [-0.15, -0.1) is 0 Å². The van der Waals surface area contributed by atoms with E-state index < -0.39 is 0 Å². The normalized spacial score (nSPS) is 18.3. The lowest BCUT2D eigenvalue weighted by molar-refractivity contribution is -0.143. The Kier molecular flexibility index (Phi) is 5.20. The minimum atomic E-state index is -0.330. The van der Waals surface area contributed by atoms with Gasteiger partial charge in [-0.3, -0.25) is 9.59 Å². The van der Waals surface area contributed by atoms with Crippen LogP contribution in [0.3, 0.4) is 0 Å². The van der Waals surface area contributed by atoms with E-state index in [2.05, 4.69) is 5.32 Å². The van der Waals surface area contributed by atoms with Gasteiger partial charge in [-0.2, -0.15) is 0 Å². The van der Waals surface area contributed by atoms with Gasteiger partial charge in [-0.25, -0.2) is 0 Å². The summed E-state index contributed by atoms with van der Waals surface area (Å²) in [5.74, 6) is 0.783. The van der Waals surface area contributed by atoms with Gasteiger partial charge in [0.2, 0.25) is 11.8 Å². The van der Waals surface area contributed by atoms with Gasteiger partial charge in [-0.1, -0.05) is 25.1 Å². The zero-order valence-corrected chi connectivity index (χ0v) is 12.6. The predicted octanol–water partition coefficient (Wildman–Crippen LogP) is 1.36. The molecular weight excluding hydrogens is 268 g/mol. The Bertz CT molecular complexity index is 516. The van der Waals surface area contributed by atoms with Crippen molar-refractivity contribution >= 4 is 11.8 Å². The first kappa shape index (κ1) is 15.4. The van der Waals surface area contributed by atoms with E-state index in [4.69, 9.17) is 4.74 Å². The van der Waals surface area contributed by atoms with Crippen LogP contribution in [0.2, 0.25) is 0 Å². The summed E-state index contributed by atoms with van der Waals surface area (Å²) in [5.41, 5.74) is 1.02. The van der Waals surface area contributed by atoms with E-state index in [1.165, 1.54) is 0 Å². The number of methoxy groups -OCH3 is 1. The highest BCUT2D eigenvalue weighted by Crippen LogP contribution is 2.20. The number of nitrogens with one attached hydrogen (secondary N) is 1. The Hall–Kier alpha value is -2.04. The molecule has 1 saturated heterocycles. The number of carbonyl (C=O) groups is 2. The van der Waals surface area contributed by atoms with Crippen LogP contribution in [0.5, 0.6) is 5.75 Å². The SMILES string of the molecule is CCC1C(=O)NCCN1C(=O)CCc1ccccc1OC. The third kappa shape index (κ3) is 3.54. The maximum atomic E-state index is 12.4. The van der Waals surface area contributed by atoms with Crippen LogP contribution in [0.15, 0.2) is 24.3 Å². The van der Waals surface area contributed by atoms with Crippen LogP contribution in [-0.4, -0.2) is 43.0 Å². The fourth-order valence-electron chi connectivity index (χ4n) is 2.71. The summed E-state index contributed by atoms with van der Waals surface area (Å²) in [5, 5.41) is 2.81. The molecule has 5 heteroatoms. The van der Waals surface area contributed by atoms with Crippen LogP contribution < -0.4 is 10.1 Å². The largest absolute Gasteiger partial charge is 0.496 e. The zero-order chi connectivity index (χ0) is 15.2. The highest BCUT2D eigenvalue weighted by Gasteiger charge is 2.31. The van der Waals surface area contributed by atoms with Crippen LogP contribution in [0.4, 0.5) is 0 Å². The van der Waals surface area contributed by atoms with Crippen LogP contribution in [0.25, 0.3) is 0 Å². The molecule has 2 rings (SSSR count). The molecule has 0 aliphatic carbocycles. The number of aryl methyl sites for hydroxylation is 1. The first-order valence-corrected chi connectivity index (χ1v) is 7.36. The van der Waals surface area contributed by atoms with Crippen molar-refractivity contribution < 1.29 is 14.3 Å². The summed E-state index contributed by atoms with van der Waals surface area (Å²) < 4.78 is 5.29. The van der Waals surface area contributed by atoms with Crippen molar-refractivity contribution in [2.45, 2.75) is 32.2 Å². The second kappa shape index (κ2) is 7.11. The lowest BCUT2D eigenvalue weighted by atomic mass is 10.1. The zero-order valence-electron chi connectivity index (χ0n) is 12.6. The van der Waals surface area contributed by atoms with Crippen molar-refractivity contribution in [3.8, 4) is 5.75 Å². The van der Waals surface area contributed by atoms with E-state index in [9.17, 15) is 9.59 Å². The van der Waals surface area contributed by atoms with Crippen molar-refractivity contribution in [2.24, 2.45) is 0 Å². The van der Waals surface area contributed by atoms with Crippen LogP contribution in [-0.2, 0) is 16.0 Å². The summed E-state index contributed by atoms with van der Waals surface area (Å²) >= 11 is 0. The molecule has 1 aliphatic rings. The lowest BCUT2D eigenvalue weighted by Gasteiger charge is -2.34. The van der Waals surface area contributed by atoms with Crippen LogP contribution in [0, 0.1) is 0 Å². The molecule has 0 bridgehead atoms. The quantitative estimate of drug-likeness (QED) is 0.891. The molecular formula is C16H22N2O3. The van der Waals surface area contributed by atoms with Crippen molar-refractivity contribution in [3.05, 3.63) is 29.8 Å². The Labute approximate surface area is 125 Å². The molecule has 0 spiro atoms. The van der Waals surface area contributed by atoms with Gasteiger partial charge < -0.3 is 15.0 Å². The molecule has 1 aromatic carbocycles. The number of hydrogen-bond acceptors (Lipinski definition) is 3. The molecule has 0 aromatic heterocycles. The average molecular weight is 290 g/mol. The standard InChI is InChI=1S/C16H22N2O3/c1-3-13-16(20)17-10-11-18(13)15(19)9-8-12-6-4-5-7-14(12)21-2/h4-7,13H,3,8-11H2,1-2H3,(H,17,20). The molecule has 21 heavy (non-hydrogen) atoms. The van der Waals surface area contributed by atoms with Gasteiger partial charge in [-0.05, 0) is 24.5 Å². The van der Waals surface area contributed by atoms with E-state index >= 15 is 0 Å². The fraction of sp³-hybridized carbons (Fsp3) is 0.500. The predicted molar refractivity (Wildman–Crippen MR) is 80.1 cm³/mol. The number of amides is 2. The molecule has 114 valence electrons. The van der Waals surface area contributed by atoms with Gasteiger partial charge in [0.05, 0.1) is 7.11 Å². The molecule has 1 atom stereocenters. The number of ether oxygens (including phenoxy) is 1. The Morgan fingerprint density at radius 1 is 1.43 bits per heavy atom. The minimum Gasteiger partial charge on any atom is -0.496 e. The number of carbonyl (C=O) groups excluding carboxylic acids is 2. The van der Waals surface area contributed by atoms with E-state index in [0.717, 1.165) is 11.3 Å². The molecule has 1 fully saturated rings. The third-order valence-corrected chi connectivity index (χ3v) is 3.84. The second-order valence-electron chi connectivity index (χ2n) is 5.11. The van der Waals surface area contributed by atoms with Crippen LogP contribution >= 0.6 is 0 Å². The second-order valence-corrected chi connectivity index (χ2v) is 5.11. The van der Waals surface area contributed by atoms with E-state index in [1.807, 2.05) is 31.2 Å². The summed E-state index contributed by atoms with van der Waals surface area (Å²) in [4.78, 5) is 25.9. The molecule has 1 unspecified atom stereocenters. The number of rotatable bonds is 5. The van der Waals surface area contributed by atoms with E-state index in [-0.39, 0.29) is 17.9 Å². The lowest BCUT2D eigenvalue weighted by Crippen LogP contribution is -2.56. The first-order chi connectivity index (χ1) is 10.2. The molecule has 0 radical (unpaired) electrons. The summed E-state index contributed by atoms with van der Waals surface area (Å²) in [7, 11) is 1.63. The molecule has 5 nitrogen and oxygen atoms in total. The van der Waals surface area contributed by atoms with Gasteiger partial charge in [0, 0.05) is 19.5 Å². The topological polar surface area (TPSA) is 58.6 Å². The first-order valence-electron chi connectivity index (χ1n) is 7.36. The fourth-order valence-corrected chi connectivity index (χ4v) is 2.71. The van der Waals surface area contributed by atoms with Crippen LogP contribution in [0.1, 0.15) is 25.3 Å². The summed E-state index contributed by atoms with van der Waals surface area (Å²) in [6.45, 7) is 3.06. The third-order valence-electron chi connectivity index (χ3n) is 3.84. The van der Waals surface area contributed by atoms with Gasteiger partial charge in [0.1, 0.15) is 11.8 Å². The van der Waals surface area contributed by atoms with Crippen molar-refractivity contribution in [3.63, 3.8) is 0 Å². The molecule has 2 amide bonds. The van der Waals surface area contributed by atoms with E-state index in [0.29, 0.717) is 32.4 Å². The molecule has 1 heterocycles. The molecule has 1 aromatic rings. The number of nitrogens with zero attached hydrogens (tertiary/aromatic N) is 1. The van der Waals surface area contributed by atoms with Crippen molar-refractivity contribution in [1.29, 1.82) is 0 Å². The van der Waals surface area contributed by atoms with E-state index in [1.54, 1.807) is 12.0 Å². The highest BCUT2D eigenvalue weighted by molar-refractivity contribution is 5.88. The maximum Gasteiger partial charge on any atom is 0.242 e. The number of hydrogen-bond donors (Lipinski definition) is 1. The smallest absolute Gasteiger partial charge is 0.242 e. The number of para-hydroxylation sites is 1. The molecule has 1 aliphatic heterocycles. The highest BCUT2D eigenvalue weighted by atomic mass is 16.5. The Morgan fingerprint density at radius 3 is 2.90 bits per heavy atom. The number of piperazine rings is 1. The molecule has 0 saturated carbocycles. The Morgan fingerprint density at radius 2 is 2.19 bits per heavy atom. The monoisotopic (exact) mass is 290 g/mol. The maximum absolute atomic E-state index is 12.4. The summed E-state index contributed by atoms with van der Waals surface area (Å²) in [6.07, 6.45) is 1.66. The van der Waals surface area contributed by atoms with Crippen molar-refractivity contribution in [2.75, 3.05) is 20.2 Å². The van der Waals surface area contributed by atoms with Crippen molar-refractivity contribution in [1.82, 2.24) is 10.2 Å².